The number of phenols is 1. The molecule has 0 spiro atoms. The van der Waals surface area contributed by atoms with Crippen LogP contribution in [0.25, 0.3) is 0 Å². The van der Waals surface area contributed by atoms with Crippen molar-refractivity contribution in [1.82, 2.24) is 5.43 Å². The van der Waals surface area contributed by atoms with Gasteiger partial charge in [-0.1, -0.05) is 0 Å². The first kappa shape index (κ1) is 14.3. The first-order valence-corrected chi connectivity index (χ1v) is 5.26. The van der Waals surface area contributed by atoms with Gasteiger partial charge in [-0.05, 0) is 12.1 Å². The molecule has 0 saturated carbocycles. The zero-order valence-corrected chi connectivity index (χ0v) is 10.5. The number of aromatic hydroxyl groups is 1. The van der Waals surface area contributed by atoms with E-state index in [0.29, 0.717) is 5.56 Å². The monoisotopic (exact) mass is 263 g/mol. The van der Waals surface area contributed by atoms with Crippen LogP contribution in [0.15, 0.2) is 17.2 Å². The molecule has 0 unspecified atom stereocenters. The average molecular weight is 263 g/mol. The van der Waals surface area contributed by atoms with Gasteiger partial charge in [0, 0.05) is 5.56 Å². The van der Waals surface area contributed by atoms with Crippen LogP contribution in [0, 0.1) is 11.3 Å². The van der Waals surface area contributed by atoms with Crippen molar-refractivity contribution < 1.29 is 19.4 Å². The first-order chi connectivity index (χ1) is 9.12. The summed E-state index contributed by atoms with van der Waals surface area (Å²) < 4.78 is 9.94. The van der Waals surface area contributed by atoms with E-state index in [2.05, 4.69) is 10.5 Å². The lowest BCUT2D eigenvalue weighted by Gasteiger charge is -2.09. The van der Waals surface area contributed by atoms with Crippen LogP contribution in [-0.2, 0) is 4.79 Å². The Kier molecular flexibility index (Phi) is 5.17. The molecule has 1 amide bonds. The summed E-state index contributed by atoms with van der Waals surface area (Å²) in [6, 6.07) is 4.75. The molecule has 0 heterocycles. The molecular weight excluding hydrogens is 250 g/mol. The number of carbonyl (C=O) groups excluding carboxylic acids is 1. The number of hydrazone groups is 1. The number of rotatable bonds is 5. The second-order valence-electron chi connectivity index (χ2n) is 3.40. The molecule has 0 aliphatic rings. The van der Waals surface area contributed by atoms with E-state index in [1.165, 1.54) is 32.6 Å². The number of amides is 1. The Bertz CT molecular complexity index is 509. The van der Waals surface area contributed by atoms with E-state index in [4.69, 9.17) is 14.7 Å². The van der Waals surface area contributed by atoms with Crippen molar-refractivity contribution in [2.24, 2.45) is 5.10 Å². The zero-order chi connectivity index (χ0) is 14.3. The van der Waals surface area contributed by atoms with Crippen molar-refractivity contribution in [3.05, 3.63) is 17.7 Å². The third kappa shape index (κ3) is 3.89. The predicted molar refractivity (Wildman–Crippen MR) is 67.2 cm³/mol. The normalized spacial score (nSPS) is 9.95. The van der Waals surface area contributed by atoms with Crippen molar-refractivity contribution in [2.45, 2.75) is 6.42 Å². The van der Waals surface area contributed by atoms with Crippen LogP contribution in [0.2, 0.25) is 0 Å². The van der Waals surface area contributed by atoms with Gasteiger partial charge < -0.3 is 14.6 Å². The average Bonchev–Trinajstić information content (AvgIpc) is 2.40. The lowest BCUT2D eigenvalue weighted by atomic mass is 10.2. The number of ether oxygens (including phenoxy) is 2. The van der Waals surface area contributed by atoms with Crippen LogP contribution in [0.5, 0.6) is 17.2 Å². The molecule has 2 N–H and O–H groups in total. The summed E-state index contributed by atoms with van der Waals surface area (Å²) in [7, 11) is 2.81. The van der Waals surface area contributed by atoms with E-state index in [-0.39, 0.29) is 23.7 Å². The van der Waals surface area contributed by atoms with Gasteiger partial charge in [0.15, 0.2) is 11.5 Å². The number of nitriles is 1. The SMILES string of the molecule is COc1cc(/C=N\NC(=O)CC#N)cc(OC)c1O. The number of nitrogens with zero attached hydrogens (tertiary/aromatic N) is 2. The fraction of sp³-hybridized carbons (Fsp3) is 0.250. The Morgan fingerprint density at radius 1 is 1.47 bits per heavy atom. The Morgan fingerprint density at radius 3 is 2.53 bits per heavy atom. The molecule has 1 aromatic carbocycles. The van der Waals surface area contributed by atoms with Crippen molar-refractivity contribution in [3.8, 4) is 23.3 Å². The van der Waals surface area contributed by atoms with Gasteiger partial charge in [0.2, 0.25) is 5.75 Å². The van der Waals surface area contributed by atoms with Crippen molar-refractivity contribution >= 4 is 12.1 Å². The molecule has 1 aromatic rings. The molecule has 0 aliphatic carbocycles. The second-order valence-corrected chi connectivity index (χ2v) is 3.40. The fourth-order valence-electron chi connectivity index (χ4n) is 1.28. The maximum absolute atomic E-state index is 11.0. The number of hydrogen-bond acceptors (Lipinski definition) is 6. The first-order valence-electron chi connectivity index (χ1n) is 5.26. The van der Waals surface area contributed by atoms with Gasteiger partial charge in [0.05, 0.1) is 26.5 Å². The van der Waals surface area contributed by atoms with E-state index in [1.807, 2.05) is 0 Å². The number of phenolic OH excluding ortho intramolecular Hbond substituents is 1. The summed E-state index contributed by atoms with van der Waals surface area (Å²) in [6.45, 7) is 0. The van der Waals surface area contributed by atoms with Gasteiger partial charge in [-0.2, -0.15) is 10.4 Å². The highest BCUT2D eigenvalue weighted by Crippen LogP contribution is 2.36. The summed E-state index contributed by atoms with van der Waals surface area (Å²) in [5.74, 6) is -0.166. The second kappa shape index (κ2) is 6.86. The minimum absolute atomic E-state index is 0.115. The maximum atomic E-state index is 11.0. The molecule has 100 valence electrons. The molecule has 0 aliphatic heterocycles. The Balaban J connectivity index is 2.87. The molecule has 1 rings (SSSR count). The molecule has 0 saturated heterocycles. The lowest BCUT2D eigenvalue weighted by molar-refractivity contribution is -0.120. The van der Waals surface area contributed by atoms with E-state index < -0.39 is 5.91 Å². The molecule has 0 atom stereocenters. The number of methoxy groups -OCH3 is 2. The van der Waals surface area contributed by atoms with Crippen LogP contribution in [-0.4, -0.2) is 31.4 Å². The highest BCUT2D eigenvalue weighted by atomic mass is 16.5. The Hall–Kier alpha value is -2.75. The minimum Gasteiger partial charge on any atom is -0.502 e. The van der Waals surface area contributed by atoms with E-state index in [1.54, 1.807) is 6.07 Å². The summed E-state index contributed by atoms with van der Waals surface area (Å²) in [5.41, 5.74) is 2.74. The van der Waals surface area contributed by atoms with Gasteiger partial charge >= 0.3 is 0 Å². The lowest BCUT2D eigenvalue weighted by Crippen LogP contribution is -2.16. The highest BCUT2D eigenvalue weighted by Gasteiger charge is 2.10. The van der Waals surface area contributed by atoms with Crippen molar-refractivity contribution in [2.75, 3.05) is 14.2 Å². The van der Waals surface area contributed by atoms with Crippen LogP contribution >= 0.6 is 0 Å². The topological polar surface area (TPSA) is 104 Å². The predicted octanol–water partition coefficient (Wildman–Crippen LogP) is 0.773. The number of hydrogen-bond donors (Lipinski definition) is 2. The van der Waals surface area contributed by atoms with Gasteiger partial charge in [-0.3, -0.25) is 4.79 Å². The standard InChI is InChI=1S/C12H13N3O4/c1-18-9-5-8(6-10(19-2)12(9)17)7-14-15-11(16)3-4-13/h5-7,17H,3H2,1-2H3,(H,15,16)/b14-7-. The Labute approximate surface area is 110 Å². The number of benzene rings is 1. The largest absolute Gasteiger partial charge is 0.502 e. The molecule has 0 aromatic heterocycles. The molecule has 7 nitrogen and oxygen atoms in total. The van der Waals surface area contributed by atoms with Crippen LogP contribution < -0.4 is 14.9 Å². The maximum Gasteiger partial charge on any atom is 0.254 e. The molecule has 0 radical (unpaired) electrons. The third-order valence-corrected chi connectivity index (χ3v) is 2.14. The van der Waals surface area contributed by atoms with Crippen molar-refractivity contribution in [3.63, 3.8) is 0 Å². The Morgan fingerprint density at radius 2 is 2.05 bits per heavy atom. The van der Waals surface area contributed by atoms with E-state index in [0.717, 1.165) is 0 Å². The smallest absolute Gasteiger partial charge is 0.254 e. The molecular formula is C12H13N3O4. The highest BCUT2D eigenvalue weighted by molar-refractivity contribution is 5.84. The van der Waals surface area contributed by atoms with Gasteiger partial charge in [0.25, 0.3) is 5.91 Å². The molecule has 19 heavy (non-hydrogen) atoms. The van der Waals surface area contributed by atoms with E-state index in [9.17, 15) is 9.90 Å². The quantitative estimate of drug-likeness (QED) is 0.603. The minimum atomic E-state index is -0.503. The van der Waals surface area contributed by atoms with Gasteiger partial charge in [-0.25, -0.2) is 5.43 Å². The van der Waals surface area contributed by atoms with Crippen molar-refractivity contribution in [1.29, 1.82) is 5.26 Å². The summed E-state index contributed by atoms with van der Waals surface area (Å²) in [5, 5.41) is 21.7. The number of nitrogens with one attached hydrogen (secondary N) is 1. The number of carbonyl (C=O) groups is 1. The van der Waals surface area contributed by atoms with Crippen LogP contribution in [0.1, 0.15) is 12.0 Å². The molecule has 0 bridgehead atoms. The summed E-state index contributed by atoms with van der Waals surface area (Å²) in [4.78, 5) is 11.0. The molecule has 7 heteroatoms. The molecule has 0 fully saturated rings. The van der Waals surface area contributed by atoms with Gasteiger partial charge in [0.1, 0.15) is 6.42 Å². The third-order valence-electron chi connectivity index (χ3n) is 2.14. The zero-order valence-electron chi connectivity index (χ0n) is 10.5. The fourth-order valence-corrected chi connectivity index (χ4v) is 1.28. The summed E-state index contributed by atoms with van der Waals surface area (Å²) in [6.07, 6.45) is 1.08. The van der Waals surface area contributed by atoms with Crippen LogP contribution in [0.3, 0.4) is 0 Å². The van der Waals surface area contributed by atoms with Gasteiger partial charge in [-0.15, -0.1) is 0 Å². The summed E-state index contributed by atoms with van der Waals surface area (Å²) >= 11 is 0. The van der Waals surface area contributed by atoms with Crippen LogP contribution in [0.4, 0.5) is 0 Å². The van der Waals surface area contributed by atoms with E-state index >= 15 is 0 Å².